The van der Waals surface area contributed by atoms with Crippen LogP contribution in [0.1, 0.15) is 27.7 Å². The molecule has 0 bridgehead atoms. The first kappa shape index (κ1) is 26.0. The first-order valence-corrected chi connectivity index (χ1v) is 7.58. The summed E-state index contributed by atoms with van der Waals surface area (Å²) in [6.45, 7) is 13.9. The first-order valence-electron chi connectivity index (χ1n) is 5.08. The van der Waals surface area contributed by atoms with Gasteiger partial charge < -0.3 is 20.6 Å². The van der Waals surface area contributed by atoms with E-state index in [1.807, 2.05) is 0 Å². The van der Waals surface area contributed by atoms with E-state index in [1.54, 1.807) is 16.3 Å². The topological polar surface area (TPSA) is 23.8 Å². The van der Waals surface area contributed by atoms with Gasteiger partial charge in [0.1, 0.15) is 0 Å². The zero-order chi connectivity index (χ0) is 11.5. The third-order valence-corrected chi connectivity index (χ3v) is 4.57. The van der Waals surface area contributed by atoms with E-state index in [1.165, 1.54) is 7.05 Å². The molecule has 1 aliphatic rings. The largest absolute Gasteiger partial charge is 3.00 e. The van der Waals surface area contributed by atoms with Gasteiger partial charge in [0.15, 0.2) is 0 Å². The summed E-state index contributed by atoms with van der Waals surface area (Å²) in [7, 11) is 0.989. The Morgan fingerprint density at radius 1 is 1.06 bits per heavy atom. The average molecular weight is 287 g/mol. The number of hydrogen-bond acceptors (Lipinski definition) is 0. The van der Waals surface area contributed by atoms with E-state index in [-0.39, 0.29) is 45.4 Å². The second-order valence-electron chi connectivity index (χ2n) is 4.53. The van der Waals surface area contributed by atoms with E-state index in [9.17, 15) is 0 Å². The summed E-state index contributed by atoms with van der Waals surface area (Å²) in [6.07, 6.45) is 2.46. The van der Waals surface area contributed by atoms with E-state index in [2.05, 4.69) is 46.9 Å². The zero-order valence-electron chi connectivity index (χ0n) is 13.1. The summed E-state index contributed by atoms with van der Waals surface area (Å²) >= 11 is 0. The second-order valence-corrected chi connectivity index (χ2v) is 7.07. The number of allylic oxidation sites excluding steroid dienone is 4. The molecule has 0 atom stereocenters. The molecule has 0 saturated heterocycles. The van der Waals surface area contributed by atoms with Crippen LogP contribution in [0.15, 0.2) is 22.4 Å². The quantitative estimate of drug-likeness (QED) is 0.470. The van der Waals surface area contributed by atoms with Gasteiger partial charge in [0.05, 0.1) is 8.80 Å². The van der Waals surface area contributed by atoms with Crippen molar-refractivity contribution >= 4 is 8.80 Å². The van der Waals surface area contributed by atoms with E-state index >= 15 is 0 Å². The SMILES string of the molecule is CC1=C(C)C(C)(C)C=C1[Si](C)C.C[NH-].[CH3-].[CH3-].[Ti+3]. The molecule has 3 heteroatoms. The molecule has 1 N–H and O–H groups in total. The van der Waals surface area contributed by atoms with Crippen molar-refractivity contribution in [3.63, 3.8) is 0 Å². The van der Waals surface area contributed by atoms with Crippen LogP contribution < -0.4 is 0 Å². The van der Waals surface area contributed by atoms with Crippen molar-refractivity contribution in [2.24, 2.45) is 5.41 Å². The van der Waals surface area contributed by atoms with Crippen LogP contribution in [-0.2, 0) is 21.7 Å². The van der Waals surface area contributed by atoms with Crippen LogP contribution in [0.2, 0.25) is 13.1 Å². The van der Waals surface area contributed by atoms with Crippen LogP contribution in [0.4, 0.5) is 0 Å². The molecule has 0 aromatic rings. The summed E-state index contributed by atoms with van der Waals surface area (Å²) in [4.78, 5) is 0. The van der Waals surface area contributed by atoms with Crippen molar-refractivity contribution in [2.45, 2.75) is 40.8 Å². The van der Waals surface area contributed by atoms with Gasteiger partial charge in [-0.1, -0.05) is 49.4 Å². The molecule has 1 nitrogen and oxygen atoms in total. The maximum atomic E-state index is 5.75. The Kier molecular flexibility index (Phi) is 15.8. The molecule has 1 aliphatic carbocycles. The van der Waals surface area contributed by atoms with Gasteiger partial charge in [-0.2, -0.15) is 7.05 Å². The Labute approximate surface area is 126 Å². The fourth-order valence-corrected chi connectivity index (χ4v) is 3.37. The predicted octanol–water partition coefficient (Wildman–Crippen LogP) is 5.15. The molecular formula is C14H29NSiTi. The predicted molar refractivity (Wildman–Crippen MR) is 80.8 cm³/mol. The van der Waals surface area contributed by atoms with Crippen molar-refractivity contribution in [2.75, 3.05) is 7.05 Å². The van der Waals surface area contributed by atoms with Gasteiger partial charge in [0.25, 0.3) is 0 Å². The van der Waals surface area contributed by atoms with Crippen molar-refractivity contribution in [3.8, 4) is 0 Å². The molecule has 0 unspecified atom stereocenters. The fraction of sp³-hybridized carbons (Fsp3) is 0.571. The van der Waals surface area contributed by atoms with E-state index in [0.29, 0.717) is 5.41 Å². The van der Waals surface area contributed by atoms with Crippen molar-refractivity contribution in [1.29, 1.82) is 0 Å². The van der Waals surface area contributed by atoms with Crippen molar-refractivity contribution in [1.82, 2.24) is 0 Å². The van der Waals surface area contributed by atoms with Crippen LogP contribution in [0.5, 0.6) is 0 Å². The third kappa shape index (κ3) is 6.19. The van der Waals surface area contributed by atoms with Gasteiger partial charge in [0, 0.05) is 5.41 Å². The van der Waals surface area contributed by atoms with Gasteiger partial charge in [0.2, 0.25) is 0 Å². The fourth-order valence-electron chi connectivity index (χ4n) is 1.78. The summed E-state index contributed by atoms with van der Waals surface area (Å²) < 4.78 is 0. The van der Waals surface area contributed by atoms with Crippen LogP contribution in [-0.4, -0.2) is 15.8 Å². The van der Waals surface area contributed by atoms with E-state index in [0.717, 1.165) is 0 Å². The second kappa shape index (κ2) is 10.3. The van der Waals surface area contributed by atoms with Crippen LogP contribution in [0, 0.1) is 20.3 Å². The van der Waals surface area contributed by atoms with Gasteiger partial charge in [-0.15, -0.1) is 0 Å². The average Bonchev–Trinajstić information content (AvgIpc) is 2.33. The molecule has 0 fully saturated rings. The van der Waals surface area contributed by atoms with Crippen LogP contribution in [0.25, 0.3) is 5.73 Å². The standard InChI is InChI=1S/C11H19Si.CH4N.2CH3.Ti/c1-8-9(2)11(3,4)7-10(8)12(5)6;1-2;;;/h7H,1-6H3;2H,1H3;2*1H3;/q;3*-1;+3. The Bertz CT molecular complexity index is 265. The number of hydrogen-bond donors (Lipinski definition) is 0. The molecule has 0 heterocycles. The maximum absolute atomic E-state index is 5.75. The minimum Gasteiger partial charge on any atom is -0.680 e. The molecule has 0 aromatic heterocycles. The first-order chi connectivity index (χ1) is 6.36. The normalized spacial score (nSPS) is 15.9. The number of rotatable bonds is 1. The minimum absolute atomic E-state index is 0. The minimum atomic E-state index is -0.261. The number of nitrogens with one attached hydrogen (secondary N) is 1. The van der Waals surface area contributed by atoms with Gasteiger partial charge in [-0.25, -0.2) is 0 Å². The van der Waals surface area contributed by atoms with Crippen molar-refractivity contribution < 1.29 is 21.7 Å². The smallest absolute Gasteiger partial charge is 0.680 e. The molecule has 0 aliphatic heterocycles. The molecule has 0 saturated carbocycles. The molecule has 2 radical (unpaired) electrons. The molecule has 98 valence electrons. The molecule has 0 aromatic carbocycles. The molecule has 1 rings (SSSR count). The summed E-state index contributed by atoms with van der Waals surface area (Å²) in [5.41, 5.74) is 9.18. The monoisotopic (exact) mass is 287 g/mol. The van der Waals surface area contributed by atoms with Gasteiger partial charge >= 0.3 is 21.7 Å². The van der Waals surface area contributed by atoms with E-state index in [4.69, 9.17) is 5.73 Å². The van der Waals surface area contributed by atoms with Crippen molar-refractivity contribution in [3.05, 3.63) is 43.0 Å². The zero-order valence-corrected chi connectivity index (χ0v) is 15.6. The summed E-state index contributed by atoms with van der Waals surface area (Å²) in [6, 6.07) is 0. The van der Waals surface area contributed by atoms with Gasteiger partial charge in [-0.05, 0) is 13.8 Å². The van der Waals surface area contributed by atoms with Crippen LogP contribution in [0.3, 0.4) is 0 Å². The summed E-state index contributed by atoms with van der Waals surface area (Å²) in [5, 5.41) is 1.64. The Balaban J connectivity index is -0.000000160. The maximum Gasteiger partial charge on any atom is 3.00 e. The summed E-state index contributed by atoms with van der Waals surface area (Å²) in [5.74, 6) is 0. The molecule has 17 heavy (non-hydrogen) atoms. The Morgan fingerprint density at radius 2 is 1.41 bits per heavy atom. The third-order valence-electron chi connectivity index (χ3n) is 2.98. The van der Waals surface area contributed by atoms with Gasteiger partial charge in [-0.3, -0.25) is 0 Å². The Hall–Kier alpha value is 0.371. The van der Waals surface area contributed by atoms with Crippen LogP contribution >= 0.6 is 0 Å². The Morgan fingerprint density at radius 3 is 1.53 bits per heavy atom. The molecule has 0 amide bonds. The molecule has 0 spiro atoms. The molecular weight excluding hydrogens is 258 g/mol. The van der Waals surface area contributed by atoms with E-state index < -0.39 is 0 Å².